The van der Waals surface area contributed by atoms with Crippen molar-refractivity contribution in [2.24, 2.45) is 0 Å². The van der Waals surface area contributed by atoms with E-state index in [-0.39, 0.29) is 18.8 Å². The van der Waals surface area contributed by atoms with Crippen molar-refractivity contribution in [3.05, 3.63) is 41.8 Å². The molecular formula is C15H16N2O4. The first-order valence-corrected chi connectivity index (χ1v) is 6.56. The van der Waals surface area contributed by atoms with E-state index in [0.717, 1.165) is 5.56 Å². The van der Waals surface area contributed by atoms with E-state index in [9.17, 15) is 9.59 Å². The van der Waals surface area contributed by atoms with Crippen molar-refractivity contribution in [3.8, 4) is 11.5 Å². The summed E-state index contributed by atoms with van der Waals surface area (Å²) < 4.78 is 5.53. The molecule has 2 rings (SSSR count). The third-order valence-electron chi connectivity index (χ3n) is 3.01. The third-order valence-corrected chi connectivity index (χ3v) is 3.01. The summed E-state index contributed by atoms with van der Waals surface area (Å²) in [6.07, 6.45) is 0. The second kappa shape index (κ2) is 6.21. The maximum absolute atomic E-state index is 12.3. The van der Waals surface area contributed by atoms with Crippen molar-refractivity contribution >= 4 is 11.9 Å². The maximum atomic E-state index is 12.3. The summed E-state index contributed by atoms with van der Waals surface area (Å²) >= 11 is 0. The molecule has 0 aliphatic rings. The number of aryl methyl sites for hydroxylation is 1. The predicted octanol–water partition coefficient (Wildman–Crippen LogP) is 2.20. The van der Waals surface area contributed by atoms with Gasteiger partial charge in [-0.2, -0.15) is 0 Å². The molecule has 1 N–H and O–H groups in total. The van der Waals surface area contributed by atoms with Crippen molar-refractivity contribution in [1.29, 1.82) is 0 Å². The average molecular weight is 288 g/mol. The van der Waals surface area contributed by atoms with Crippen LogP contribution in [-0.2, 0) is 4.79 Å². The summed E-state index contributed by atoms with van der Waals surface area (Å²) in [7, 11) is 0. The van der Waals surface area contributed by atoms with E-state index in [2.05, 4.69) is 4.98 Å². The minimum atomic E-state index is -1.06. The number of carbonyl (C=O) groups is 2. The molecule has 0 spiro atoms. The van der Waals surface area contributed by atoms with Crippen molar-refractivity contribution in [2.45, 2.75) is 13.8 Å². The molecule has 21 heavy (non-hydrogen) atoms. The maximum Gasteiger partial charge on any atom is 0.323 e. The SMILES string of the molecule is CCN(CC(=O)O)C(=O)c1oc(-c2ccccc2)nc1C. The summed E-state index contributed by atoms with van der Waals surface area (Å²) in [4.78, 5) is 28.5. The van der Waals surface area contributed by atoms with Gasteiger partial charge in [0.1, 0.15) is 6.54 Å². The van der Waals surface area contributed by atoms with Crippen LogP contribution >= 0.6 is 0 Å². The zero-order valence-electron chi connectivity index (χ0n) is 11.9. The van der Waals surface area contributed by atoms with E-state index in [1.807, 2.05) is 30.3 Å². The normalized spacial score (nSPS) is 10.4. The number of carboxylic acid groups (broad SMARTS) is 1. The average Bonchev–Trinajstić information content (AvgIpc) is 2.87. The van der Waals surface area contributed by atoms with E-state index in [1.54, 1.807) is 13.8 Å². The Hall–Kier alpha value is -2.63. The molecule has 0 fully saturated rings. The molecule has 0 aliphatic carbocycles. The molecule has 0 bridgehead atoms. The lowest BCUT2D eigenvalue weighted by atomic mass is 10.2. The summed E-state index contributed by atoms with van der Waals surface area (Å²) in [6.45, 7) is 3.30. The van der Waals surface area contributed by atoms with Gasteiger partial charge in [-0.3, -0.25) is 9.59 Å². The number of hydrogen-bond acceptors (Lipinski definition) is 4. The second-order valence-electron chi connectivity index (χ2n) is 4.51. The van der Waals surface area contributed by atoms with Gasteiger partial charge in [0.2, 0.25) is 11.7 Å². The van der Waals surface area contributed by atoms with Gasteiger partial charge in [-0.05, 0) is 26.0 Å². The highest BCUT2D eigenvalue weighted by molar-refractivity contribution is 5.94. The zero-order valence-corrected chi connectivity index (χ0v) is 11.9. The first kappa shape index (κ1) is 14.8. The molecule has 110 valence electrons. The number of carboxylic acids is 1. The molecule has 0 atom stereocenters. The first-order valence-electron chi connectivity index (χ1n) is 6.56. The summed E-state index contributed by atoms with van der Waals surface area (Å²) in [5.41, 5.74) is 1.21. The first-order chi connectivity index (χ1) is 10.0. The van der Waals surface area contributed by atoms with Crippen LogP contribution < -0.4 is 0 Å². The van der Waals surface area contributed by atoms with Crippen LogP contribution in [0, 0.1) is 6.92 Å². The van der Waals surface area contributed by atoms with Crippen molar-refractivity contribution < 1.29 is 19.1 Å². The molecule has 0 aliphatic heterocycles. The fourth-order valence-corrected chi connectivity index (χ4v) is 1.93. The Balaban J connectivity index is 2.30. The molecule has 0 radical (unpaired) electrons. The Labute approximate surface area is 122 Å². The van der Waals surface area contributed by atoms with Gasteiger partial charge >= 0.3 is 5.97 Å². The molecule has 1 heterocycles. The number of rotatable bonds is 5. The number of aromatic nitrogens is 1. The number of hydrogen-bond donors (Lipinski definition) is 1. The summed E-state index contributed by atoms with van der Waals surface area (Å²) in [5.74, 6) is -1.10. The van der Waals surface area contributed by atoms with Crippen molar-refractivity contribution in [2.75, 3.05) is 13.1 Å². The lowest BCUT2D eigenvalue weighted by Gasteiger charge is -2.16. The molecule has 0 saturated carbocycles. The topological polar surface area (TPSA) is 83.6 Å². The van der Waals surface area contributed by atoms with E-state index in [4.69, 9.17) is 9.52 Å². The Kier molecular flexibility index (Phi) is 4.37. The highest BCUT2D eigenvalue weighted by Gasteiger charge is 2.24. The largest absolute Gasteiger partial charge is 0.480 e. The predicted molar refractivity (Wildman–Crippen MR) is 75.9 cm³/mol. The highest BCUT2D eigenvalue weighted by atomic mass is 16.4. The number of aliphatic carboxylic acids is 1. The van der Waals surface area contributed by atoms with Crippen LogP contribution in [0.15, 0.2) is 34.7 Å². The van der Waals surface area contributed by atoms with E-state index in [0.29, 0.717) is 11.6 Å². The van der Waals surface area contributed by atoms with Crippen LogP contribution in [0.25, 0.3) is 11.5 Å². The smallest absolute Gasteiger partial charge is 0.323 e. The minimum absolute atomic E-state index is 0.0805. The highest BCUT2D eigenvalue weighted by Crippen LogP contribution is 2.22. The van der Waals surface area contributed by atoms with Crippen LogP contribution in [0.3, 0.4) is 0 Å². The third kappa shape index (κ3) is 3.28. The van der Waals surface area contributed by atoms with Crippen LogP contribution in [0.1, 0.15) is 23.2 Å². The lowest BCUT2D eigenvalue weighted by Crippen LogP contribution is -2.35. The van der Waals surface area contributed by atoms with Crippen LogP contribution in [-0.4, -0.2) is 40.0 Å². The summed E-state index contributed by atoms with van der Waals surface area (Å²) in [5, 5.41) is 8.82. The Morgan fingerprint density at radius 3 is 2.52 bits per heavy atom. The Morgan fingerprint density at radius 1 is 1.29 bits per heavy atom. The van der Waals surface area contributed by atoms with Crippen LogP contribution in [0.5, 0.6) is 0 Å². The molecule has 6 nitrogen and oxygen atoms in total. The summed E-state index contributed by atoms with van der Waals surface area (Å²) in [6, 6.07) is 9.22. The number of carbonyl (C=O) groups excluding carboxylic acids is 1. The zero-order chi connectivity index (χ0) is 15.4. The monoisotopic (exact) mass is 288 g/mol. The Morgan fingerprint density at radius 2 is 1.95 bits per heavy atom. The molecule has 1 aromatic carbocycles. The van der Waals surface area contributed by atoms with Gasteiger partial charge in [0, 0.05) is 12.1 Å². The molecule has 6 heteroatoms. The van der Waals surface area contributed by atoms with Crippen LogP contribution in [0.4, 0.5) is 0 Å². The molecule has 0 unspecified atom stereocenters. The van der Waals surface area contributed by atoms with Gasteiger partial charge in [0.15, 0.2) is 0 Å². The van der Waals surface area contributed by atoms with Gasteiger partial charge in [-0.25, -0.2) is 4.98 Å². The van der Waals surface area contributed by atoms with Crippen molar-refractivity contribution in [1.82, 2.24) is 9.88 Å². The van der Waals surface area contributed by atoms with E-state index >= 15 is 0 Å². The number of nitrogens with zero attached hydrogens (tertiary/aromatic N) is 2. The quantitative estimate of drug-likeness (QED) is 0.911. The van der Waals surface area contributed by atoms with E-state index in [1.165, 1.54) is 4.90 Å². The van der Waals surface area contributed by atoms with E-state index < -0.39 is 11.9 Å². The second-order valence-corrected chi connectivity index (χ2v) is 4.51. The molecular weight excluding hydrogens is 272 g/mol. The van der Waals surface area contributed by atoms with Gasteiger partial charge in [0.25, 0.3) is 5.91 Å². The number of oxazole rings is 1. The molecule has 2 aromatic rings. The Bertz CT molecular complexity index is 649. The standard InChI is InChI=1S/C15H16N2O4/c1-3-17(9-12(18)19)15(20)13-10(2)16-14(21-13)11-7-5-4-6-8-11/h4-8H,3,9H2,1-2H3,(H,18,19). The molecule has 0 saturated heterocycles. The van der Waals surface area contributed by atoms with Crippen LogP contribution in [0.2, 0.25) is 0 Å². The van der Waals surface area contributed by atoms with Gasteiger partial charge in [-0.15, -0.1) is 0 Å². The number of benzene rings is 1. The number of likely N-dealkylation sites (N-methyl/N-ethyl adjacent to an activating group) is 1. The molecule has 1 amide bonds. The minimum Gasteiger partial charge on any atom is -0.480 e. The van der Waals surface area contributed by atoms with Gasteiger partial charge in [-0.1, -0.05) is 18.2 Å². The molecule has 1 aromatic heterocycles. The lowest BCUT2D eigenvalue weighted by molar-refractivity contribution is -0.137. The van der Waals surface area contributed by atoms with Gasteiger partial charge in [0.05, 0.1) is 5.69 Å². The fraction of sp³-hybridized carbons (Fsp3) is 0.267. The van der Waals surface area contributed by atoms with Gasteiger partial charge < -0.3 is 14.4 Å². The fourth-order valence-electron chi connectivity index (χ4n) is 1.93. The number of amides is 1. The van der Waals surface area contributed by atoms with Crippen molar-refractivity contribution in [3.63, 3.8) is 0 Å².